The summed E-state index contributed by atoms with van der Waals surface area (Å²) in [6, 6.07) is 12.9. The van der Waals surface area contributed by atoms with Crippen LogP contribution in [0.1, 0.15) is 30.9 Å². The molecule has 0 saturated carbocycles. The molecular formula is C24H26N3O5. The highest BCUT2D eigenvalue weighted by Crippen LogP contribution is 2.38. The lowest BCUT2D eigenvalue weighted by molar-refractivity contribution is -0.384. The van der Waals surface area contributed by atoms with Gasteiger partial charge in [0.1, 0.15) is 6.04 Å². The minimum Gasteiger partial charge on any atom is -0.468 e. The smallest absolute Gasteiger partial charge is 0.324 e. The number of hydrogen-bond acceptors (Lipinski definition) is 6. The number of nitro groups is 1. The molecule has 0 bridgehead atoms. The van der Waals surface area contributed by atoms with E-state index < -0.39 is 16.9 Å². The summed E-state index contributed by atoms with van der Waals surface area (Å²) in [7, 11) is 1.31. The zero-order chi connectivity index (χ0) is 23.3. The van der Waals surface area contributed by atoms with Crippen LogP contribution in [-0.2, 0) is 14.3 Å². The number of nitro benzene ring substituents is 1. The molecule has 167 valence electrons. The van der Waals surface area contributed by atoms with Gasteiger partial charge in [0.15, 0.2) is 0 Å². The van der Waals surface area contributed by atoms with E-state index in [-0.39, 0.29) is 24.1 Å². The van der Waals surface area contributed by atoms with Crippen LogP contribution >= 0.6 is 0 Å². The van der Waals surface area contributed by atoms with Crippen LogP contribution in [0, 0.1) is 16.2 Å². The van der Waals surface area contributed by atoms with Gasteiger partial charge in [-0.15, -0.1) is 0 Å². The highest BCUT2D eigenvalue weighted by molar-refractivity contribution is 5.95. The molecule has 1 aliphatic heterocycles. The molecule has 1 radical (unpaired) electrons. The van der Waals surface area contributed by atoms with Gasteiger partial charge >= 0.3 is 5.97 Å². The lowest BCUT2D eigenvalue weighted by atomic mass is 9.89. The van der Waals surface area contributed by atoms with Crippen molar-refractivity contribution in [1.82, 2.24) is 10.2 Å². The number of hydrogen-bond donors (Lipinski definition) is 1. The number of benzene rings is 2. The van der Waals surface area contributed by atoms with Crippen LogP contribution in [0.4, 0.5) is 5.69 Å². The Morgan fingerprint density at radius 2 is 2.06 bits per heavy atom. The number of rotatable bonds is 6. The van der Waals surface area contributed by atoms with E-state index in [1.807, 2.05) is 38.1 Å². The average Bonchev–Trinajstić information content (AvgIpc) is 2.81. The lowest BCUT2D eigenvalue weighted by Crippen LogP contribution is -2.55. The fraction of sp³-hybridized carbons (Fsp3) is 0.333. The van der Waals surface area contributed by atoms with Crippen LogP contribution in [0.15, 0.2) is 42.5 Å². The molecule has 1 heterocycles. The SMILES string of the molecule is COC(=O)C1CN(C(=O)/C=C/c2cc[c]c([N+](=O)[O-])c2-c2ccccc2C(C)C)CCN1. The van der Waals surface area contributed by atoms with Crippen molar-refractivity contribution in [3.8, 4) is 11.1 Å². The maximum atomic E-state index is 12.8. The van der Waals surface area contributed by atoms with Crippen LogP contribution in [0.3, 0.4) is 0 Å². The van der Waals surface area contributed by atoms with E-state index in [2.05, 4.69) is 11.4 Å². The molecule has 0 aromatic heterocycles. The number of nitrogens with zero attached hydrogens (tertiary/aromatic N) is 2. The quantitative estimate of drug-likeness (QED) is 0.323. The largest absolute Gasteiger partial charge is 0.468 e. The molecule has 0 spiro atoms. The second-order valence-corrected chi connectivity index (χ2v) is 7.80. The van der Waals surface area contributed by atoms with Crippen LogP contribution in [0.25, 0.3) is 17.2 Å². The Hall–Kier alpha value is -3.52. The van der Waals surface area contributed by atoms with Crippen LogP contribution in [0.5, 0.6) is 0 Å². The molecule has 2 aromatic carbocycles. The Morgan fingerprint density at radius 3 is 2.75 bits per heavy atom. The number of carbonyl (C=O) groups is 2. The summed E-state index contributed by atoms with van der Waals surface area (Å²) in [6.07, 6.45) is 2.98. The maximum absolute atomic E-state index is 12.8. The number of carbonyl (C=O) groups excluding carboxylic acids is 2. The molecule has 3 rings (SSSR count). The molecular weight excluding hydrogens is 410 g/mol. The van der Waals surface area contributed by atoms with E-state index in [0.717, 1.165) is 11.1 Å². The fourth-order valence-electron chi connectivity index (χ4n) is 3.81. The molecule has 1 saturated heterocycles. The highest BCUT2D eigenvalue weighted by Gasteiger charge is 2.28. The Kier molecular flexibility index (Phi) is 7.37. The minimum atomic E-state index is -0.577. The molecule has 8 nitrogen and oxygen atoms in total. The Labute approximate surface area is 187 Å². The number of piperazine rings is 1. The predicted molar refractivity (Wildman–Crippen MR) is 121 cm³/mol. The average molecular weight is 436 g/mol. The first kappa shape index (κ1) is 23.1. The topological polar surface area (TPSA) is 102 Å². The maximum Gasteiger partial charge on any atom is 0.324 e. The van der Waals surface area contributed by atoms with E-state index >= 15 is 0 Å². The molecule has 1 atom stereocenters. The number of ether oxygens (including phenoxy) is 1. The standard InChI is InChI=1S/C24H26N3O5/c1-16(2)18-8-4-5-9-19(18)23-17(7-6-10-21(23)27(30)31)11-12-22(28)26-14-13-25-20(15-26)24(29)32-3/h4-9,11-12,16,20,25H,13-15H2,1-3H3/b12-11+. The highest BCUT2D eigenvalue weighted by atomic mass is 16.6. The van der Waals surface area contributed by atoms with Gasteiger partial charge in [-0.2, -0.15) is 0 Å². The monoisotopic (exact) mass is 436 g/mol. The minimum absolute atomic E-state index is 0.138. The lowest BCUT2D eigenvalue weighted by Gasteiger charge is -2.31. The van der Waals surface area contributed by atoms with Gasteiger partial charge in [-0.1, -0.05) is 44.2 Å². The first-order valence-corrected chi connectivity index (χ1v) is 10.4. The number of esters is 1. The second-order valence-electron chi connectivity index (χ2n) is 7.80. The normalized spacial score (nSPS) is 16.4. The summed E-state index contributed by atoms with van der Waals surface area (Å²) in [5, 5.41) is 14.8. The third-order valence-corrected chi connectivity index (χ3v) is 5.42. The van der Waals surface area contributed by atoms with Crippen molar-refractivity contribution in [3.63, 3.8) is 0 Å². The predicted octanol–water partition coefficient (Wildman–Crippen LogP) is 3.17. The van der Waals surface area contributed by atoms with Gasteiger partial charge in [-0.05, 0) is 34.8 Å². The number of amides is 1. The van der Waals surface area contributed by atoms with Gasteiger partial charge in [-0.3, -0.25) is 19.7 Å². The van der Waals surface area contributed by atoms with E-state index in [9.17, 15) is 19.7 Å². The van der Waals surface area contributed by atoms with Crippen molar-refractivity contribution >= 4 is 23.6 Å². The van der Waals surface area contributed by atoms with Gasteiger partial charge in [0.25, 0.3) is 5.69 Å². The van der Waals surface area contributed by atoms with Gasteiger partial charge in [0.05, 0.1) is 23.7 Å². The van der Waals surface area contributed by atoms with Crippen molar-refractivity contribution in [2.24, 2.45) is 0 Å². The molecule has 32 heavy (non-hydrogen) atoms. The zero-order valence-corrected chi connectivity index (χ0v) is 18.3. The molecule has 1 N–H and O–H groups in total. The number of methoxy groups -OCH3 is 1. The van der Waals surface area contributed by atoms with E-state index in [1.54, 1.807) is 17.0 Å². The van der Waals surface area contributed by atoms with Crippen molar-refractivity contribution in [3.05, 3.63) is 69.8 Å². The summed E-state index contributed by atoms with van der Waals surface area (Å²) in [5.41, 5.74) is 2.56. The van der Waals surface area contributed by atoms with Crippen molar-refractivity contribution in [1.29, 1.82) is 0 Å². The first-order chi connectivity index (χ1) is 15.3. The summed E-state index contributed by atoms with van der Waals surface area (Å²) >= 11 is 0. The summed E-state index contributed by atoms with van der Waals surface area (Å²) in [5.74, 6) is -0.548. The molecule has 2 aromatic rings. The van der Waals surface area contributed by atoms with Gasteiger partial charge < -0.3 is 15.0 Å². The third kappa shape index (κ3) is 5.03. The van der Waals surface area contributed by atoms with Crippen molar-refractivity contribution in [2.45, 2.75) is 25.8 Å². The van der Waals surface area contributed by atoms with E-state index in [0.29, 0.717) is 24.2 Å². The van der Waals surface area contributed by atoms with Crippen molar-refractivity contribution < 1.29 is 19.2 Å². The van der Waals surface area contributed by atoms with Crippen LogP contribution in [0.2, 0.25) is 0 Å². The molecule has 1 fully saturated rings. The molecule has 1 unspecified atom stereocenters. The molecule has 0 aliphatic carbocycles. The summed E-state index contributed by atoms with van der Waals surface area (Å²) in [4.78, 5) is 37.4. The second kappa shape index (κ2) is 10.2. The molecule has 1 amide bonds. The first-order valence-electron chi connectivity index (χ1n) is 10.4. The van der Waals surface area contributed by atoms with Gasteiger partial charge in [0.2, 0.25) is 5.91 Å². The van der Waals surface area contributed by atoms with Crippen molar-refractivity contribution in [2.75, 3.05) is 26.7 Å². The Balaban J connectivity index is 1.96. The van der Waals surface area contributed by atoms with Crippen LogP contribution in [-0.4, -0.2) is 54.5 Å². The van der Waals surface area contributed by atoms with Gasteiger partial charge in [0, 0.05) is 25.7 Å². The summed E-state index contributed by atoms with van der Waals surface area (Å²) in [6.45, 7) is 5.17. The van der Waals surface area contributed by atoms with E-state index in [4.69, 9.17) is 4.74 Å². The number of nitrogens with one attached hydrogen (secondary N) is 1. The summed E-state index contributed by atoms with van der Waals surface area (Å²) < 4.78 is 4.75. The molecule has 1 aliphatic rings. The Bertz CT molecular complexity index is 1050. The molecule has 8 heteroatoms. The fourth-order valence-corrected chi connectivity index (χ4v) is 3.81. The van der Waals surface area contributed by atoms with Crippen LogP contribution < -0.4 is 5.32 Å². The third-order valence-electron chi connectivity index (χ3n) is 5.42. The van der Waals surface area contributed by atoms with Gasteiger partial charge in [-0.25, -0.2) is 0 Å². The zero-order valence-electron chi connectivity index (χ0n) is 18.3. The van der Waals surface area contributed by atoms with E-state index in [1.165, 1.54) is 19.3 Å². The Morgan fingerprint density at radius 1 is 1.31 bits per heavy atom.